The van der Waals surface area contributed by atoms with Gasteiger partial charge in [-0.3, -0.25) is 0 Å². The third-order valence-corrected chi connectivity index (χ3v) is 4.63. The van der Waals surface area contributed by atoms with Crippen molar-refractivity contribution in [1.29, 1.82) is 0 Å². The van der Waals surface area contributed by atoms with Gasteiger partial charge in [0.15, 0.2) is 0 Å². The van der Waals surface area contributed by atoms with E-state index in [9.17, 15) is 8.42 Å². The number of aryl methyl sites for hydroxylation is 1. The van der Waals surface area contributed by atoms with Gasteiger partial charge < -0.3 is 5.32 Å². The summed E-state index contributed by atoms with van der Waals surface area (Å²) in [6.45, 7) is 2.34. The number of sulfonamides is 1. The van der Waals surface area contributed by atoms with Crippen molar-refractivity contribution >= 4 is 15.8 Å². The van der Waals surface area contributed by atoms with Crippen LogP contribution in [-0.2, 0) is 23.0 Å². The summed E-state index contributed by atoms with van der Waals surface area (Å²) >= 11 is 0. The van der Waals surface area contributed by atoms with Crippen molar-refractivity contribution in [1.82, 2.24) is 9.71 Å². The van der Waals surface area contributed by atoms with E-state index in [-0.39, 0.29) is 11.4 Å². The van der Waals surface area contributed by atoms with Crippen molar-refractivity contribution in [3.63, 3.8) is 0 Å². The average Bonchev–Trinajstić information content (AvgIpc) is 2.53. The minimum atomic E-state index is -3.59. The number of rotatable bonds is 6. The Morgan fingerprint density at radius 1 is 1.10 bits per heavy atom. The van der Waals surface area contributed by atoms with E-state index in [1.165, 1.54) is 11.6 Å². The molecule has 0 atom stereocenters. The summed E-state index contributed by atoms with van der Waals surface area (Å²) in [4.78, 5) is 4.16. The molecule has 0 aliphatic carbocycles. The van der Waals surface area contributed by atoms with Crippen LogP contribution >= 0.6 is 0 Å². The van der Waals surface area contributed by atoms with E-state index in [0.29, 0.717) is 5.82 Å². The normalized spacial score (nSPS) is 11.3. The van der Waals surface area contributed by atoms with E-state index in [4.69, 9.17) is 0 Å². The number of hydrogen-bond donors (Lipinski definition) is 2. The van der Waals surface area contributed by atoms with Gasteiger partial charge in [0, 0.05) is 19.8 Å². The van der Waals surface area contributed by atoms with Gasteiger partial charge in [0.25, 0.3) is 0 Å². The molecule has 0 spiro atoms. The molecular formula is C15H19N3O2S. The van der Waals surface area contributed by atoms with Gasteiger partial charge in [-0.25, -0.2) is 18.1 Å². The van der Waals surface area contributed by atoms with Crippen LogP contribution in [0.2, 0.25) is 0 Å². The fourth-order valence-electron chi connectivity index (χ4n) is 1.94. The van der Waals surface area contributed by atoms with E-state index < -0.39 is 10.0 Å². The molecule has 2 rings (SSSR count). The molecule has 0 aliphatic rings. The van der Waals surface area contributed by atoms with Crippen LogP contribution in [0.3, 0.4) is 0 Å². The summed E-state index contributed by atoms with van der Waals surface area (Å²) in [6, 6.07) is 11.0. The van der Waals surface area contributed by atoms with Crippen LogP contribution in [-0.4, -0.2) is 20.4 Å². The molecule has 21 heavy (non-hydrogen) atoms. The van der Waals surface area contributed by atoms with E-state index in [2.05, 4.69) is 21.9 Å². The maximum atomic E-state index is 12.3. The van der Waals surface area contributed by atoms with Crippen molar-refractivity contribution in [3.8, 4) is 0 Å². The third kappa shape index (κ3) is 3.80. The third-order valence-electron chi connectivity index (χ3n) is 3.19. The molecule has 1 aromatic carbocycles. The molecule has 5 nitrogen and oxygen atoms in total. The monoisotopic (exact) mass is 305 g/mol. The summed E-state index contributed by atoms with van der Waals surface area (Å²) in [7, 11) is -1.95. The molecule has 0 fully saturated rings. The minimum Gasteiger partial charge on any atom is -0.372 e. The second-order valence-electron chi connectivity index (χ2n) is 4.59. The van der Waals surface area contributed by atoms with Gasteiger partial charge in [-0.05, 0) is 29.7 Å². The van der Waals surface area contributed by atoms with Gasteiger partial charge in [0.1, 0.15) is 10.7 Å². The van der Waals surface area contributed by atoms with Crippen LogP contribution < -0.4 is 10.0 Å². The van der Waals surface area contributed by atoms with Crippen molar-refractivity contribution in [2.75, 3.05) is 12.4 Å². The van der Waals surface area contributed by atoms with Gasteiger partial charge in [0.05, 0.1) is 0 Å². The Labute approximate surface area is 125 Å². The van der Waals surface area contributed by atoms with Gasteiger partial charge in [-0.15, -0.1) is 0 Å². The Bertz CT molecular complexity index is 697. The number of anilines is 1. The van der Waals surface area contributed by atoms with Crippen LogP contribution in [0, 0.1) is 0 Å². The van der Waals surface area contributed by atoms with E-state index >= 15 is 0 Å². The largest absolute Gasteiger partial charge is 0.372 e. The van der Waals surface area contributed by atoms with Gasteiger partial charge in [-0.1, -0.05) is 31.2 Å². The first-order chi connectivity index (χ1) is 10.1. The summed E-state index contributed by atoms with van der Waals surface area (Å²) in [5.74, 6) is 0.339. The zero-order valence-corrected chi connectivity index (χ0v) is 12.9. The second-order valence-corrected chi connectivity index (χ2v) is 6.33. The van der Waals surface area contributed by atoms with Gasteiger partial charge >= 0.3 is 0 Å². The van der Waals surface area contributed by atoms with Gasteiger partial charge in [-0.2, -0.15) is 0 Å². The fourth-order valence-corrected chi connectivity index (χ4v) is 3.12. The summed E-state index contributed by atoms with van der Waals surface area (Å²) < 4.78 is 27.2. The maximum Gasteiger partial charge on any atom is 0.244 e. The lowest BCUT2D eigenvalue weighted by atomic mass is 10.1. The molecule has 112 valence electrons. The molecule has 2 N–H and O–H groups in total. The molecule has 0 radical (unpaired) electrons. The molecule has 0 saturated carbocycles. The molecule has 0 amide bonds. The lowest BCUT2D eigenvalue weighted by molar-refractivity contribution is 0.581. The predicted molar refractivity (Wildman–Crippen MR) is 83.6 cm³/mol. The van der Waals surface area contributed by atoms with Crippen molar-refractivity contribution in [3.05, 3.63) is 53.7 Å². The molecule has 1 heterocycles. The number of benzene rings is 1. The molecule has 0 saturated heterocycles. The Kier molecular flexibility index (Phi) is 4.93. The summed E-state index contributed by atoms with van der Waals surface area (Å²) in [5.41, 5.74) is 2.15. The number of pyridine rings is 1. The highest BCUT2D eigenvalue weighted by molar-refractivity contribution is 7.89. The average molecular weight is 305 g/mol. The van der Waals surface area contributed by atoms with Crippen LogP contribution in [0.5, 0.6) is 0 Å². The smallest absolute Gasteiger partial charge is 0.244 e. The fraction of sp³-hybridized carbons (Fsp3) is 0.267. The Balaban J connectivity index is 2.13. The van der Waals surface area contributed by atoms with Crippen molar-refractivity contribution in [2.24, 2.45) is 0 Å². The minimum absolute atomic E-state index is 0.151. The van der Waals surface area contributed by atoms with Crippen molar-refractivity contribution < 1.29 is 8.42 Å². The maximum absolute atomic E-state index is 12.3. The highest BCUT2D eigenvalue weighted by atomic mass is 32.2. The molecule has 0 unspecified atom stereocenters. The SMILES string of the molecule is CCc1ccc(CNS(=O)(=O)c2cccnc2NC)cc1. The number of hydrogen-bond acceptors (Lipinski definition) is 4. The molecule has 6 heteroatoms. The lowest BCUT2D eigenvalue weighted by Crippen LogP contribution is -2.24. The quantitative estimate of drug-likeness (QED) is 0.858. The first-order valence-corrected chi connectivity index (χ1v) is 8.25. The Morgan fingerprint density at radius 3 is 2.38 bits per heavy atom. The topological polar surface area (TPSA) is 71.1 Å². The highest BCUT2D eigenvalue weighted by Gasteiger charge is 2.18. The molecule has 0 bridgehead atoms. The summed E-state index contributed by atoms with van der Waals surface area (Å²) in [5, 5.41) is 2.78. The standard InChI is InChI=1S/C15H19N3O2S/c1-3-12-6-8-13(9-7-12)11-18-21(19,20)14-5-4-10-17-15(14)16-2/h4-10,18H,3,11H2,1-2H3,(H,16,17). The first-order valence-electron chi connectivity index (χ1n) is 6.77. The molecular weight excluding hydrogens is 286 g/mol. The molecule has 0 aliphatic heterocycles. The Hall–Kier alpha value is -1.92. The van der Waals surface area contributed by atoms with E-state index in [0.717, 1.165) is 12.0 Å². The van der Waals surface area contributed by atoms with Crippen molar-refractivity contribution in [2.45, 2.75) is 24.8 Å². The Morgan fingerprint density at radius 2 is 1.76 bits per heavy atom. The van der Waals surface area contributed by atoms with Crippen LogP contribution in [0.4, 0.5) is 5.82 Å². The number of aromatic nitrogens is 1. The zero-order valence-electron chi connectivity index (χ0n) is 12.1. The second kappa shape index (κ2) is 6.69. The van der Waals surface area contributed by atoms with Crippen LogP contribution in [0.25, 0.3) is 0 Å². The summed E-state index contributed by atoms with van der Waals surface area (Å²) in [6.07, 6.45) is 2.52. The van der Waals surface area contributed by atoms with Gasteiger partial charge in [0.2, 0.25) is 10.0 Å². The number of nitrogens with one attached hydrogen (secondary N) is 2. The zero-order chi connectivity index (χ0) is 15.3. The highest BCUT2D eigenvalue weighted by Crippen LogP contribution is 2.17. The van der Waals surface area contributed by atoms with E-state index in [1.807, 2.05) is 24.3 Å². The molecule has 1 aromatic heterocycles. The predicted octanol–water partition coefficient (Wildman–Crippen LogP) is 2.16. The van der Waals surface area contributed by atoms with E-state index in [1.54, 1.807) is 19.3 Å². The van der Waals surface area contributed by atoms with Crippen LogP contribution in [0.1, 0.15) is 18.1 Å². The van der Waals surface area contributed by atoms with Crippen LogP contribution in [0.15, 0.2) is 47.5 Å². The lowest BCUT2D eigenvalue weighted by Gasteiger charge is -2.10. The number of nitrogens with zero attached hydrogens (tertiary/aromatic N) is 1. The molecule has 2 aromatic rings. The first kappa shape index (κ1) is 15.5.